The summed E-state index contributed by atoms with van der Waals surface area (Å²) in [6.45, 7) is 4.14. The molecule has 0 bridgehead atoms. The van der Waals surface area contributed by atoms with E-state index >= 15 is 0 Å². The van der Waals surface area contributed by atoms with Gasteiger partial charge in [0.15, 0.2) is 0 Å². The molecule has 3 aromatic rings. The molecule has 31 heavy (non-hydrogen) atoms. The molecule has 1 aliphatic rings. The molecule has 2 aromatic carbocycles. The number of amides is 1. The largest absolute Gasteiger partial charge is 0.507 e. The molecule has 5 nitrogen and oxygen atoms in total. The molecule has 1 aliphatic heterocycles. The third-order valence-electron chi connectivity index (χ3n) is 5.29. The van der Waals surface area contributed by atoms with Gasteiger partial charge in [0.2, 0.25) is 0 Å². The molecule has 158 valence electrons. The Morgan fingerprint density at radius 1 is 1.03 bits per heavy atom. The van der Waals surface area contributed by atoms with Crippen molar-refractivity contribution >= 4 is 46.3 Å². The van der Waals surface area contributed by atoms with E-state index in [9.17, 15) is 14.7 Å². The molecule has 1 N–H and O–H groups in total. The zero-order chi connectivity index (χ0) is 22.3. The number of ketones is 1. The summed E-state index contributed by atoms with van der Waals surface area (Å²) in [7, 11) is 0. The minimum Gasteiger partial charge on any atom is -0.507 e. The highest BCUT2D eigenvalue weighted by molar-refractivity contribution is 6.51. The van der Waals surface area contributed by atoms with Gasteiger partial charge < -0.3 is 9.52 Å². The van der Waals surface area contributed by atoms with Crippen molar-refractivity contribution < 1.29 is 19.1 Å². The smallest absolute Gasteiger partial charge is 0.300 e. The monoisotopic (exact) mass is 455 g/mol. The molecular weight excluding hydrogens is 437 g/mol. The molecule has 1 aromatic heterocycles. The van der Waals surface area contributed by atoms with Crippen LogP contribution in [-0.4, -0.2) is 16.8 Å². The number of aliphatic hydroxyl groups excluding tert-OH is 1. The van der Waals surface area contributed by atoms with Crippen molar-refractivity contribution in [3.05, 3.63) is 93.4 Å². The predicted octanol–water partition coefficient (Wildman–Crippen LogP) is 6.34. The van der Waals surface area contributed by atoms with Gasteiger partial charge in [0, 0.05) is 11.3 Å². The maximum atomic E-state index is 13.0. The summed E-state index contributed by atoms with van der Waals surface area (Å²) in [6, 6.07) is 14.3. The summed E-state index contributed by atoms with van der Waals surface area (Å²) in [4.78, 5) is 27.4. The summed E-state index contributed by atoms with van der Waals surface area (Å²) in [5, 5.41) is 11.5. The number of hydrogen-bond donors (Lipinski definition) is 1. The van der Waals surface area contributed by atoms with Gasteiger partial charge in [0.1, 0.15) is 17.6 Å². The Morgan fingerprint density at radius 2 is 1.74 bits per heavy atom. The van der Waals surface area contributed by atoms with Gasteiger partial charge in [-0.3, -0.25) is 14.5 Å². The second kappa shape index (κ2) is 8.25. The number of furan rings is 1. The van der Waals surface area contributed by atoms with E-state index in [0.29, 0.717) is 22.4 Å². The minimum absolute atomic E-state index is 0.0775. The van der Waals surface area contributed by atoms with Gasteiger partial charge in [0.05, 0.1) is 21.9 Å². The number of nitrogens with zero attached hydrogens (tertiary/aromatic N) is 1. The van der Waals surface area contributed by atoms with Gasteiger partial charge in [-0.25, -0.2) is 0 Å². The number of benzene rings is 2. The summed E-state index contributed by atoms with van der Waals surface area (Å²) < 4.78 is 5.55. The first-order chi connectivity index (χ1) is 14.8. The van der Waals surface area contributed by atoms with Gasteiger partial charge in [0.25, 0.3) is 11.7 Å². The Hall–Kier alpha value is -3.02. The third-order valence-corrected chi connectivity index (χ3v) is 6.03. The molecule has 1 amide bonds. The molecule has 4 rings (SSSR count). The zero-order valence-corrected chi connectivity index (χ0v) is 18.3. The SMILES string of the molecule is CC(C)c1ccc(N2C(=O)C(=O)/C(=C(\O)c3ccc(Cl)c(Cl)c3)C2c2ccco2)cc1. The molecule has 0 spiro atoms. The Labute approximate surface area is 189 Å². The number of rotatable bonds is 4. The number of Topliss-reactive ketones (excluding diaryl/α,β-unsaturated/α-hetero) is 1. The van der Waals surface area contributed by atoms with Crippen LogP contribution >= 0.6 is 23.2 Å². The summed E-state index contributed by atoms with van der Waals surface area (Å²) >= 11 is 12.1. The van der Waals surface area contributed by atoms with Crippen LogP contribution in [0.1, 0.15) is 42.7 Å². The second-order valence-electron chi connectivity index (χ2n) is 7.56. The van der Waals surface area contributed by atoms with Crippen LogP contribution in [0.5, 0.6) is 0 Å². The van der Waals surface area contributed by atoms with Crippen molar-refractivity contribution in [2.45, 2.75) is 25.8 Å². The number of carbonyl (C=O) groups excluding carboxylic acids is 2. The molecule has 2 heterocycles. The van der Waals surface area contributed by atoms with Crippen molar-refractivity contribution in [3.63, 3.8) is 0 Å². The van der Waals surface area contributed by atoms with Crippen LogP contribution in [0.25, 0.3) is 5.76 Å². The lowest BCUT2D eigenvalue weighted by Gasteiger charge is -2.23. The predicted molar refractivity (Wildman–Crippen MR) is 120 cm³/mol. The van der Waals surface area contributed by atoms with Crippen molar-refractivity contribution in [3.8, 4) is 0 Å². The van der Waals surface area contributed by atoms with Crippen molar-refractivity contribution in [1.82, 2.24) is 0 Å². The fraction of sp³-hybridized carbons (Fsp3) is 0.167. The number of halogens is 2. The molecule has 0 saturated carbocycles. The van der Waals surface area contributed by atoms with Crippen LogP contribution in [0, 0.1) is 0 Å². The average Bonchev–Trinajstić information content (AvgIpc) is 3.37. The Balaban J connectivity index is 1.88. The van der Waals surface area contributed by atoms with E-state index in [4.69, 9.17) is 27.6 Å². The zero-order valence-electron chi connectivity index (χ0n) is 16.8. The first-order valence-corrected chi connectivity index (χ1v) is 10.4. The Morgan fingerprint density at radius 3 is 2.32 bits per heavy atom. The lowest BCUT2D eigenvalue weighted by atomic mass is 9.99. The van der Waals surface area contributed by atoms with E-state index in [2.05, 4.69) is 13.8 Å². The van der Waals surface area contributed by atoms with Crippen LogP contribution < -0.4 is 4.90 Å². The summed E-state index contributed by atoms with van der Waals surface area (Å²) in [5.74, 6) is -1.23. The fourth-order valence-corrected chi connectivity index (χ4v) is 3.93. The lowest BCUT2D eigenvalue weighted by Crippen LogP contribution is -2.29. The fourth-order valence-electron chi connectivity index (χ4n) is 3.63. The molecular formula is C24H19Cl2NO4. The first-order valence-electron chi connectivity index (χ1n) is 9.69. The van der Waals surface area contributed by atoms with E-state index < -0.39 is 17.7 Å². The summed E-state index contributed by atoms with van der Waals surface area (Å²) in [6.07, 6.45) is 1.45. The number of hydrogen-bond acceptors (Lipinski definition) is 4. The second-order valence-corrected chi connectivity index (χ2v) is 8.37. The Kier molecular flexibility index (Phi) is 5.65. The number of aliphatic hydroxyl groups is 1. The molecule has 0 aliphatic carbocycles. The van der Waals surface area contributed by atoms with Crippen LogP contribution in [0.2, 0.25) is 10.0 Å². The van der Waals surface area contributed by atoms with E-state index in [1.807, 2.05) is 12.1 Å². The van der Waals surface area contributed by atoms with Crippen molar-refractivity contribution in [2.24, 2.45) is 0 Å². The minimum atomic E-state index is -0.922. The highest BCUT2D eigenvalue weighted by Crippen LogP contribution is 2.42. The average molecular weight is 456 g/mol. The third kappa shape index (κ3) is 3.75. The number of anilines is 1. The van der Waals surface area contributed by atoms with Gasteiger partial charge in [-0.05, 0) is 53.9 Å². The quantitative estimate of drug-likeness (QED) is 0.283. The van der Waals surface area contributed by atoms with Gasteiger partial charge in [-0.1, -0.05) is 49.2 Å². The first kappa shape index (κ1) is 21.2. The van der Waals surface area contributed by atoms with Crippen molar-refractivity contribution in [2.75, 3.05) is 4.90 Å². The van der Waals surface area contributed by atoms with Crippen LogP contribution in [0.3, 0.4) is 0 Å². The van der Waals surface area contributed by atoms with Gasteiger partial charge >= 0.3 is 0 Å². The highest BCUT2D eigenvalue weighted by atomic mass is 35.5. The standard InChI is InChI=1S/C24H19Cl2NO4/c1-13(2)14-5-8-16(9-6-14)27-21(19-4-3-11-31-19)20(23(29)24(27)30)22(28)15-7-10-17(25)18(26)12-15/h3-13,21,28H,1-2H3/b22-20-. The van der Waals surface area contributed by atoms with Crippen LogP contribution in [-0.2, 0) is 9.59 Å². The van der Waals surface area contributed by atoms with Gasteiger partial charge in [-0.15, -0.1) is 0 Å². The molecule has 1 unspecified atom stereocenters. The lowest BCUT2D eigenvalue weighted by molar-refractivity contribution is -0.132. The van der Waals surface area contributed by atoms with E-state index in [1.54, 1.807) is 24.3 Å². The van der Waals surface area contributed by atoms with Crippen LogP contribution in [0.4, 0.5) is 5.69 Å². The molecule has 0 radical (unpaired) electrons. The van der Waals surface area contributed by atoms with E-state index in [1.165, 1.54) is 29.4 Å². The van der Waals surface area contributed by atoms with E-state index in [-0.39, 0.29) is 21.9 Å². The molecule has 1 atom stereocenters. The van der Waals surface area contributed by atoms with Crippen molar-refractivity contribution in [1.29, 1.82) is 0 Å². The normalized spacial score (nSPS) is 18.2. The molecule has 7 heteroatoms. The number of carbonyl (C=O) groups is 2. The Bertz CT molecular complexity index is 1180. The highest BCUT2D eigenvalue weighted by Gasteiger charge is 2.48. The molecule has 1 fully saturated rings. The summed E-state index contributed by atoms with van der Waals surface area (Å²) in [5.41, 5.74) is 1.83. The molecule has 1 saturated heterocycles. The van der Waals surface area contributed by atoms with Gasteiger partial charge in [-0.2, -0.15) is 0 Å². The maximum absolute atomic E-state index is 13.0. The maximum Gasteiger partial charge on any atom is 0.300 e. The topological polar surface area (TPSA) is 70.8 Å². The van der Waals surface area contributed by atoms with E-state index in [0.717, 1.165) is 5.56 Å². The van der Waals surface area contributed by atoms with Crippen LogP contribution in [0.15, 0.2) is 70.9 Å².